The summed E-state index contributed by atoms with van der Waals surface area (Å²) < 4.78 is 0. The lowest BCUT2D eigenvalue weighted by atomic mass is 10.3. The van der Waals surface area contributed by atoms with E-state index in [1.165, 1.54) is 0 Å². The first kappa shape index (κ1) is 20.4. The van der Waals surface area contributed by atoms with Gasteiger partial charge in [0.15, 0.2) is 5.96 Å². The van der Waals surface area contributed by atoms with Crippen LogP contribution in [0.3, 0.4) is 0 Å². The molecule has 0 atom stereocenters. The Balaban J connectivity index is 0.00000288. The molecule has 0 bridgehead atoms. The smallest absolute Gasteiger partial charge is 0.219 e. The van der Waals surface area contributed by atoms with Crippen LogP contribution in [-0.2, 0) is 4.79 Å². The summed E-state index contributed by atoms with van der Waals surface area (Å²) >= 11 is 0. The van der Waals surface area contributed by atoms with Crippen LogP contribution in [0.4, 0.5) is 5.82 Å². The summed E-state index contributed by atoms with van der Waals surface area (Å²) in [5.74, 6) is 1.79. The molecule has 1 aromatic rings. The van der Waals surface area contributed by atoms with Crippen LogP contribution in [0.5, 0.6) is 0 Å². The average molecular weight is 447 g/mol. The number of nitrogens with one attached hydrogen (secondary N) is 2. The molecule has 0 spiro atoms. The Morgan fingerprint density at radius 1 is 1.25 bits per heavy atom. The molecule has 2 heterocycles. The van der Waals surface area contributed by atoms with Crippen LogP contribution in [0.2, 0.25) is 0 Å². The second-order valence-corrected chi connectivity index (χ2v) is 5.25. The van der Waals surface area contributed by atoms with E-state index in [4.69, 9.17) is 0 Å². The van der Waals surface area contributed by atoms with Gasteiger partial charge in [0, 0.05) is 58.6 Å². The minimum Gasteiger partial charge on any atom is -0.367 e. The predicted octanol–water partition coefficient (Wildman–Crippen LogP) is 0.636. The van der Waals surface area contributed by atoms with Gasteiger partial charge in [-0.1, -0.05) is 0 Å². The van der Waals surface area contributed by atoms with Crippen LogP contribution in [0.15, 0.2) is 23.6 Å². The van der Waals surface area contributed by atoms with Crippen molar-refractivity contribution < 1.29 is 4.79 Å². The zero-order valence-corrected chi connectivity index (χ0v) is 16.6. The Morgan fingerprint density at radius 3 is 2.54 bits per heavy atom. The van der Waals surface area contributed by atoms with E-state index in [9.17, 15) is 4.79 Å². The summed E-state index contributed by atoms with van der Waals surface area (Å²) in [5, 5.41) is 6.50. The molecule has 0 unspecified atom stereocenters. The third-order valence-electron chi connectivity index (χ3n) is 3.60. The van der Waals surface area contributed by atoms with E-state index in [0.717, 1.165) is 44.5 Å². The van der Waals surface area contributed by atoms with Crippen LogP contribution in [0.25, 0.3) is 0 Å². The number of hydrogen-bond donors (Lipinski definition) is 2. The summed E-state index contributed by atoms with van der Waals surface area (Å²) in [6, 6.07) is 0. The maximum absolute atomic E-state index is 11.4. The molecule has 2 rings (SSSR count). The number of amides is 1. The summed E-state index contributed by atoms with van der Waals surface area (Å²) in [6.45, 7) is 8.95. The number of hydrogen-bond acceptors (Lipinski definition) is 5. The minimum atomic E-state index is 0. The molecule has 0 saturated carbocycles. The number of nitrogens with zero attached hydrogens (tertiary/aromatic N) is 5. The molecular weight excluding hydrogens is 421 g/mol. The summed E-state index contributed by atoms with van der Waals surface area (Å²) in [6.07, 6.45) is 4.99. The number of anilines is 1. The molecule has 2 N–H and O–H groups in total. The Labute approximate surface area is 160 Å². The predicted molar refractivity (Wildman–Crippen MR) is 106 cm³/mol. The summed E-state index contributed by atoms with van der Waals surface area (Å²) in [7, 11) is 0. The number of carbonyl (C=O) groups excluding carboxylic acids is 1. The van der Waals surface area contributed by atoms with E-state index in [1.54, 1.807) is 25.5 Å². The van der Waals surface area contributed by atoms with Gasteiger partial charge < -0.3 is 20.4 Å². The van der Waals surface area contributed by atoms with Crippen molar-refractivity contribution in [2.45, 2.75) is 13.8 Å². The summed E-state index contributed by atoms with van der Waals surface area (Å²) in [4.78, 5) is 28.3. The van der Waals surface area contributed by atoms with Crippen molar-refractivity contribution >= 4 is 41.7 Å². The lowest BCUT2D eigenvalue weighted by molar-refractivity contribution is -0.130. The molecule has 1 amide bonds. The van der Waals surface area contributed by atoms with Gasteiger partial charge in [-0.05, 0) is 6.92 Å². The molecule has 1 aliphatic heterocycles. The average Bonchev–Trinajstić information content (AvgIpc) is 2.58. The van der Waals surface area contributed by atoms with Crippen molar-refractivity contribution in [3.63, 3.8) is 0 Å². The molecule has 0 aromatic carbocycles. The molecule has 8 nitrogen and oxygen atoms in total. The zero-order valence-electron chi connectivity index (χ0n) is 14.2. The van der Waals surface area contributed by atoms with E-state index in [0.29, 0.717) is 13.1 Å². The van der Waals surface area contributed by atoms with Crippen molar-refractivity contribution in [3.05, 3.63) is 18.6 Å². The molecule has 0 radical (unpaired) electrons. The van der Waals surface area contributed by atoms with Gasteiger partial charge in [0.05, 0.1) is 12.7 Å². The first-order valence-corrected chi connectivity index (χ1v) is 7.99. The van der Waals surface area contributed by atoms with Gasteiger partial charge >= 0.3 is 0 Å². The molecule has 1 fully saturated rings. The molecule has 1 aromatic heterocycles. The van der Waals surface area contributed by atoms with Crippen molar-refractivity contribution in [1.82, 2.24) is 25.1 Å². The highest BCUT2D eigenvalue weighted by Crippen LogP contribution is 2.03. The van der Waals surface area contributed by atoms with Gasteiger partial charge in [0.1, 0.15) is 5.82 Å². The topological polar surface area (TPSA) is 85.8 Å². The number of piperazine rings is 1. The van der Waals surface area contributed by atoms with Gasteiger partial charge in [-0.25, -0.2) is 4.98 Å². The van der Waals surface area contributed by atoms with Crippen molar-refractivity contribution in [2.75, 3.05) is 51.1 Å². The van der Waals surface area contributed by atoms with Crippen LogP contribution in [0.1, 0.15) is 13.8 Å². The molecule has 1 aliphatic rings. The minimum absolute atomic E-state index is 0. The van der Waals surface area contributed by atoms with E-state index in [-0.39, 0.29) is 29.9 Å². The van der Waals surface area contributed by atoms with E-state index in [1.807, 2.05) is 4.90 Å². The van der Waals surface area contributed by atoms with Gasteiger partial charge in [0.2, 0.25) is 5.91 Å². The number of aromatic nitrogens is 2. The fourth-order valence-corrected chi connectivity index (χ4v) is 2.40. The largest absolute Gasteiger partial charge is 0.367 e. The van der Waals surface area contributed by atoms with E-state index < -0.39 is 0 Å². The Bertz CT molecular complexity index is 518. The van der Waals surface area contributed by atoms with Gasteiger partial charge in [-0.2, -0.15) is 0 Å². The normalized spacial score (nSPS) is 14.8. The summed E-state index contributed by atoms with van der Waals surface area (Å²) in [5.41, 5.74) is 0. The van der Waals surface area contributed by atoms with Gasteiger partial charge in [-0.15, -0.1) is 24.0 Å². The van der Waals surface area contributed by atoms with E-state index in [2.05, 4.69) is 37.4 Å². The third kappa shape index (κ3) is 6.46. The van der Waals surface area contributed by atoms with E-state index >= 15 is 0 Å². The van der Waals surface area contributed by atoms with Crippen molar-refractivity contribution in [3.8, 4) is 0 Å². The highest BCUT2D eigenvalue weighted by Gasteiger charge is 2.20. The molecular formula is C15H26IN7O. The standard InChI is InChI=1S/C15H25N7O.HI/c1-3-17-15(22-10-8-21(9-11-22)13(2)23)20-7-6-19-14-12-16-4-5-18-14;/h4-5,12H,3,6-11H2,1-2H3,(H,17,20)(H,18,19);1H. The highest BCUT2D eigenvalue weighted by molar-refractivity contribution is 14.0. The van der Waals surface area contributed by atoms with Gasteiger partial charge in [0.25, 0.3) is 0 Å². The lowest BCUT2D eigenvalue weighted by Gasteiger charge is -2.36. The maximum Gasteiger partial charge on any atom is 0.219 e. The third-order valence-corrected chi connectivity index (χ3v) is 3.60. The van der Waals surface area contributed by atoms with Crippen LogP contribution in [0, 0.1) is 0 Å². The maximum atomic E-state index is 11.4. The fraction of sp³-hybridized carbons (Fsp3) is 0.600. The first-order chi connectivity index (χ1) is 11.2. The number of aliphatic imine (C=N–C) groups is 1. The molecule has 9 heteroatoms. The Kier molecular flexibility index (Phi) is 9.35. The SMILES string of the molecule is CCNC(=NCCNc1cnccn1)N1CCN(C(C)=O)CC1.I. The molecule has 1 saturated heterocycles. The first-order valence-electron chi connectivity index (χ1n) is 7.99. The highest BCUT2D eigenvalue weighted by atomic mass is 127. The second kappa shape index (κ2) is 11.0. The Hall–Kier alpha value is -1.65. The van der Waals surface area contributed by atoms with Gasteiger partial charge in [-0.3, -0.25) is 14.8 Å². The Morgan fingerprint density at radius 2 is 1.96 bits per heavy atom. The lowest BCUT2D eigenvalue weighted by Crippen LogP contribution is -2.53. The second-order valence-electron chi connectivity index (χ2n) is 5.25. The molecule has 24 heavy (non-hydrogen) atoms. The quantitative estimate of drug-likeness (QED) is 0.298. The zero-order chi connectivity index (χ0) is 16.5. The monoisotopic (exact) mass is 447 g/mol. The number of guanidine groups is 1. The van der Waals surface area contributed by atoms with Crippen LogP contribution in [-0.4, -0.2) is 77.4 Å². The van der Waals surface area contributed by atoms with Crippen LogP contribution < -0.4 is 10.6 Å². The number of rotatable bonds is 5. The fourth-order valence-electron chi connectivity index (χ4n) is 2.40. The van der Waals surface area contributed by atoms with Crippen molar-refractivity contribution in [2.24, 2.45) is 4.99 Å². The van der Waals surface area contributed by atoms with Crippen LogP contribution >= 0.6 is 24.0 Å². The molecule has 134 valence electrons. The molecule has 0 aliphatic carbocycles. The number of carbonyl (C=O) groups is 1. The number of halogens is 1. The van der Waals surface area contributed by atoms with Crippen molar-refractivity contribution in [1.29, 1.82) is 0 Å².